The third kappa shape index (κ3) is 4.28. The molecule has 0 radical (unpaired) electrons. The van der Waals surface area contributed by atoms with Crippen molar-refractivity contribution in [1.82, 2.24) is 4.90 Å². The number of benzene rings is 1. The Balaban J connectivity index is 1.26. The van der Waals surface area contributed by atoms with Gasteiger partial charge in [-0.05, 0) is 49.4 Å². The highest BCUT2D eigenvalue weighted by Gasteiger charge is 2.49. The first-order chi connectivity index (χ1) is 13.2. The van der Waals surface area contributed by atoms with Gasteiger partial charge in [-0.3, -0.25) is 4.79 Å². The fourth-order valence-corrected chi connectivity index (χ4v) is 4.24. The lowest BCUT2D eigenvalue weighted by Gasteiger charge is -2.53. The molecule has 3 saturated heterocycles. The van der Waals surface area contributed by atoms with Gasteiger partial charge in [0.2, 0.25) is 0 Å². The second-order valence-corrected chi connectivity index (χ2v) is 7.93. The molecule has 3 aliphatic rings. The third-order valence-electron chi connectivity index (χ3n) is 5.94. The van der Waals surface area contributed by atoms with Gasteiger partial charge in [-0.15, -0.1) is 0 Å². The first-order valence-electron chi connectivity index (χ1n) is 9.94. The van der Waals surface area contributed by atoms with Crippen LogP contribution >= 0.6 is 0 Å². The Kier molecular flexibility index (Phi) is 5.66. The molecule has 3 heterocycles. The van der Waals surface area contributed by atoms with E-state index in [2.05, 4.69) is 0 Å². The second-order valence-electron chi connectivity index (χ2n) is 7.93. The summed E-state index contributed by atoms with van der Waals surface area (Å²) in [5.74, 6) is 1.43. The molecule has 1 aromatic rings. The minimum absolute atomic E-state index is 0.0529. The highest BCUT2D eigenvalue weighted by molar-refractivity contribution is 5.95. The quantitative estimate of drug-likeness (QED) is 0.792. The average Bonchev–Trinajstić information content (AvgIpc) is 2.71. The Morgan fingerprint density at radius 2 is 1.89 bits per heavy atom. The number of rotatable bonds is 5. The van der Waals surface area contributed by atoms with Gasteiger partial charge in [-0.25, -0.2) is 0 Å². The van der Waals surface area contributed by atoms with Gasteiger partial charge in [0.05, 0.1) is 26.3 Å². The number of carbonyl (C=O) groups is 1. The molecule has 0 saturated carbocycles. The predicted octanol–water partition coefficient (Wildman–Crippen LogP) is 2.51. The van der Waals surface area contributed by atoms with Crippen LogP contribution in [0.4, 0.5) is 0 Å². The average molecular weight is 375 g/mol. The van der Waals surface area contributed by atoms with Gasteiger partial charge in [-0.2, -0.15) is 0 Å². The fraction of sp³-hybridized carbons (Fsp3) is 0.667. The van der Waals surface area contributed by atoms with E-state index in [1.807, 2.05) is 29.2 Å². The van der Waals surface area contributed by atoms with E-state index in [9.17, 15) is 4.79 Å². The highest BCUT2D eigenvalue weighted by atomic mass is 16.5. The smallest absolute Gasteiger partial charge is 0.254 e. The number of hydrogen-bond donors (Lipinski definition) is 0. The summed E-state index contributed by atoms with van der Waals surface area (Å²) in [6.45, 7) is 4.54. The van der Waals surface area contributed by atoms with E-state index < -0.39 is 0 Å². The summed E-state index contributed by atoms with van der Waals surface area (Å²) in [6.07, 6.45) is 4.25. The Hall–Kier alpha value is -1.63. The third-order valence-corrected chi connectivity index (χ3v) is 5.94. The summed E-state index contributed by atoms with van der Waals surface area (Å²) in [7, 11) is 1.62. The Bertz CT molecular complexity index is 634. The summed E-state index contributed by atoms with van der Waals surface area (Å²) in [5.41, 5.74) is 0.467. The second kappa shape index (κ2) is 8.17. The number of ether oxygens (including phenoxy) is 4. The van der Waals surface area contributed by atoms with Crippen molar-refractivity contribution >= 4 is 5.91 Å². The van der Waals surface area contributed by atoms with Crippen LogP contribution in [-0.2, 0) is 14.2 Å². The van der Waals surface area contributed by atoms with Gasteiger partial charge in [0.1, 0.15) is 11.4 Å². The molecule has 6 nitrogen and oxygen atoms in total. The maximum absolute atomic E-state index is 12.7. The molecule has 0 bridgehead atoms. The van der Waals surface area contributed by atoms with Gasteiger partial charge >= 0.3 is 0 Å². The molecule has 1 unspecified atom stereocenters. The zero-order valence-corrected chi connectivity index (χ0v) is 16.0. The first kappa shape index (κ1) is 18.7. The molecule has 27 heavy (non-hydrogen) atoms. The van der Waals surface area contributed by atoms with Crippen LogP contribution in [-0.4, -0.2) is 69.1 Å². The van der Waals surface area contributed by atoms with Crippen LogP contribution < -0.4 is 4.74 Å². The molecule has 1 aromatic carbocycles. The molecule has 1 atom stereocenters. The van der Waals surface area contributed by atoms with Crippen LogP contribution in [0.5, 0.6) is 5.75 Å². The maximum atomic E-state index is 12.7. The van der Waals surface area contributed by atoms with Crippen molar-refractivity contribution < 1.29 is 23.7 Å². The zero-order valence-electron chi connectivity index (χ0n) is 16.0. The first-order valence-corrected chi connectivity index (χ1v) is 9.94. The number of hydrogen-bond acceptors (Lipinski definition) is 5. The molecule has 3 fully saturated rings. The molecule has 6 heteroatoms. The van der Waals surface area contributed by atoms with Crippen molar-refractivity contribution in [2.24, 2.45) is 5.92 Å². The molecule has 1 spiro atoms. The maximum Gasteiger partial charge on any atom is 0.254 e. The highest BCUT2D eigenvalue weighted by Crippen LogP contribution is 2.36. The van der Waals surface area contributed by atoms with Crippen LogP contribution in [0.2, 0.25) is 0 Å². The van der Waals surface area contributed by atoms with Gasteiger partial charge in [-0.1, -0.05) is 0 Å². The number of nitrogens with zero attached hydrogens (tertiary/aromatic N) is 1. The monoisotopic (exact) mass is 375 g/mol. The Morgan fingerprint density at radius 3 is 2.59 bits per heavy atom. The van der Waals surface area contributed by atoms with Crippen molar-refractivity contribution in [1.29, 1.82) is 0 Å². The van der Waals surface area contributed by atoms with E-state index in [-0.39, 0.29) is 17.6 Å². The van der Waals surface area contributed by atoms with E-state index in [0.29, 0.717) is 31.2 Å². The molecule has 3 aliphatic heterocycles. The molecular weight excluding hydrogens is 346 g/mol. The topological polar surface area (TPSA) is 57.2 Å². The van der Waals surface area contributed by atoms with Gasteiger partial charge in [0.25, 0.3) is 5.91 Å². The zero-order chi connectivity index (χ0) is 18.7. The van der Waals surface area contributed by atoms with E-state index in [4.69, 9.17) is 18.9 Å². The standard InChI is InChI=1S/C21H29NO5/c1-24-18-4-2-17(3-5-18)20(23)22-14-21(15-22)12-19(8-11-27-21)26-13-16-6-9-25-10-7-16/h2-5,16,19H,6-15H2,1H3. The van der Waals surface area contributed by atoms with Crippen molar-refractivity contribution in [3.05, 3.63) is 29.8 Å². The van der Waals surface area contributed by atoms with Crippen molar-refractivity contribution in [2.45, 2.75) is 37.4 Å². The number of methoxy groups -OCH3 is 1. The van der Waals surface area contributed by atoms with E-state index in [1.165, 1.54) is 0 Å². The Morgan fingerprint density at radius 1 is 1.15 bits per heavy atom. The minimum Gasteiger partial charge on any atom is -0.497 e. The molecule has 1 amide bonds. The number of amides is 1. The minimum atomic E-state index is -0.222. The van der Waals surface area contributed by atoms with Crippen LogP contribution in [0.1, 0.15) is 36.0 Å². The Labute approximate surface area is 160 Å². The molecule has 0 aliphatic carbocycles. The largest absolute Gasteiger partial charge is 0.497 e. The van der Waals surface area contributed by atoms with Crippen LogP contribution in [0, 0.1) is 5.92 Å². The summed E-state index contributed by atoms with van der Waals surface area (Å²) in [4.78, 5) is 14.5. The van der Waals surface area contributed by atoms with Gasteiger partial charge in [0.15, 0.2) is 0 Å². The number of likely N-dealkylation sites (tertiary alicyclic amines) is 1. The number of carbonyl (C=O) groups excluding carboxylic acids is 1. The van der Waals surface area contributed by atoms with Gasteiger partial charge < -0.3 is 23.8 Å². The van der Waals surface area contributed by atoms with E-state index >= 15 is 0 Å². The summed E-state index contributed by atoms with van der Waals surface area (Å²) in [6, 6.07) is 7.27. The fourth-order valence-electron chi connectivity index (χ4n) is 4.24. The molecule has 0 aromatic heterocycles. The summed E-state index contributed by atoms with van der Waals surface area (Å²) in [5, 5.41) is 0. The SMILES string of the molecule is COc1ccc(C(=O)N2CC3(CC(OCC4CCOCC4)CCO3)C2)cc1. The normalized spacial score (nSPS) is 25.2. The molecule has 148 valence electrons. The van der Waals surface area contributed by atoms with Crippen molar-refractivity contribution in [3.63, 3.8) is 0 Å². The lowest BCUT2D eigenvalue weighted by molar-refractivity contribution is -0.188. The summed E-state index contributed by atoms with van der Waals surface area (Å²) < 4.78 is 22.8. The van der Waals surface area contributed by atoms with Crippen molar-refractivity contribution in [2.75, 3.05) is 46.6 Å². The van der Waals surface area contributed by atoms with Crippen LogP contribution in [0.25, 0.3) is 0 Å². The van der Waals surface area contributed by atoms with Gasteiger partial charge in [0, 0.05) is 38.4 Å². The molecule has 0 N–H and O–H groups in total. The van der Waals surface area contributed by atoms with E-state index in [1.54, 1.807) is 7.11 Å². The lowest BCUT2D eigenvalue weighted by Crippen LogP contribution is -2.67. The van der Waals surface area contributed by atoms with Crippen LogP contribution in [0.15, 0.2) is 24.3 Å². The van der Waals surface area contributed by atoms with Crippen LogP contribution in [0.3, 0.4) is 0 Å². The van der Waals surface area contributed by atoms with Crippen molar-refractivity contribution in [3.8, 4) is 5.75 Å². The lowest BCUT2D eigenvalue weighted by atomic mass is 9.84. The predicted molar refractivity (Wildman–Crippen MR) is 100 cm³/mol. The summed E-state index contributed by atoms with van der Waals surface area (Å²) >= 11 is 0. The molecular formula is C21H29NO5. The van der Waals surface area contributed by atoms with E-state index in [0.717, 1.165) is 51.3 Å². The molecule has 4 rings (SSSR count).